The molecule has 7 heteroatoms. The highest BCUT2D eigenvalue weighted by atomic mass is 16.6. The number of non-ortho nitro benzene ring substituents is 1. The Labute approximate surface area is 156 Å². The molecular weight excluding hydrogens is 350 g/mol. The van der Waals surface area contributed by atoms with Crippen LogP contribution in [0.15, 0.2) is 61.2 Å². The summed E-state index contributed by atoms with van der Waals surface area (Å²) in [7, 11) is 1.53. The molecule has 0 unspecified atom stereocenters. The molecule has 0 saturated heterocycles. The zero-order chi connectivity index (χ0) is 19.6. The summed E-state index contributed by atoms with van der Waals surface area (Å²) in [6.07, 6.45) is 4.52. The lowest BCUT2D eigenvalue weighted by atomic mass is 10.2. The van der Waals surface area contributed by atoms with Crippen molar-refractivity contribution in [2.45, 2.75) is 6.61 Å². The summed E-state index contributed by atoms with van der Waals surface area (Å²) in [5, 5.41) is 10.6. The summed E-state index contributed by atoms with van der Waals surface area (Å²) in [6, 6.07) is 11.1. The van der Waals surface area contributed by atoms with Crippen LogP contribution in [0.2, 0.25) is 0 Å². The Kier molecular flexibility index (Phi) is 7.13. The lowest BCUT2D eigenvalue weighted by molar-refractivity contribution is -0.384. The first-order chi connectivity index (χ1) is 13.0. The molecule has 0 atom stereocenters. The number of benzene rings is 2. The lowest BCUT2D eigenvalue weighted by Gasteiger charge is -2.09. The smallest absolute Gasteiger partial charge is 0.331 e. The van der Waals surface area contributed by atoms with Gasteiger partial charge in [-0.15, -0.1) is 0 Å². The molecule has 0 saturated carbocycles. The molecule has 27 heavy (non-hydrogen) atoms. The molecule has 0 radical (unpaired) electrons. The summed E-state index contributed by atoms with van der Waals surface area (Å²) in [5.74, 6) is 0.591. The third-order valence-electron chi connectivity index (χ3n) is 3.48. The SMILES string of the molecule is C=CCOc1ccc(/C=C/C(=O)OCc2ccc([N+](=O)[O-])cc2)cc1OC. The molecule has 2 aromatic carbocycles. The van der Waals surface area contributed by atoms with E-state index in [2.05, 4.69) is 6.58 Å². The van der Waals surface area contributed by atoms with E-state index in [0.29, 0.717) is 23.7 Å². The van der Waals surface area contributed by atoms with E-state index >= 15 is 0 Å². The number of nitro groups is 1. The highest BCUT2D eigenvalue weighted by Gasteiger charge is 2.06. The number of hydrogen-bond acceptors (Lipinski definition) is 6. The molecule has 0 aliphatic carbocycles. The van der Waals surface area contributed by atoms with Crippen molar-refractivity contribution in [3.63, 3.8) is 0 Å². The van der Waals surface area contributed by atoms with E-state index in [-0.39, 0.29) is 12.3 Å². The molecular formula is C20H19NO6. The monoisotopic (exact) mass is 369 g/mol. The summed E-state index contributed by atoms with van der Waals surface area (Å²) in [6.45, 7) is 3.98. The predicted octanol–water partition coefficient (Wildman–Crippen LogP) is 3.92. The molecule has 0 bridgehead atoms. The third-order valence-corrected chi connectivity index (χ3v) is 3.48. The van der Waals surface area contributed by atoms with Crippen LogP contribution in [-0.4, -0.2) is 24.6 Å². The Morgan fingerprint density at radius 2 is 1.93 bits per heavy atom. The summed E-state index contributed by atoms with van der Waals surface area (Å²) in [4.78, 5) is 22.0. The quantitative estimate of drug-likeness (QED) is 0.219. The zero-order valence-electron chi connectivity index (χ0n) is 14.8. The first-order valence-electron chi connectivity index (χ1n) is 8.03. The van der Waals surface area contributed by atoms with Crippen molar-refractivity contribution in [1.82, 2.24) is 0 Å². The third kappa shape index (κ3) is 6.00. The van der Waals surface area contributed by atoms with Crippen molar-refractivity contribution in [2.75, 3.05) is 13.7 Å². The van der Waals surface area contributed by atoms with Crippen LogP contribution in [0.25, 0.3) is 6.08 Å². The van der Waals surface area contributed by atoms with E-state index in [1.807, 2.05) is 0 Å². The number of carbonyl (C=O) groups excluding carboxylic acids is 1. The van der Waals surface area contributed by atoms with Crippen molar-refractivity contribution in [2.24, 2.45) is 0 Å². The summed E-state index contributed by atoms with van der Waals surface area (Å²) in [5.41, 5.74) is 1.39. The first kappa shape index (κ1) is 19.7. The Morgan fingerprint density at radius 1 is 1.19 bits per heavy atom. The molecule has 0 fully saturated rings. The van der Waals surface area contributed by atoms with E-state index in [9.17, 15) is 14.9 Å². The van der Waals surface area contributed by atoms with Crippen LogP contribution in [0.3, 0.4) is 0 Å². The number of nitro benzene ring substituents is 1. The van der Waals surface area contributed by atoms with Gasteiger partial charge in [-0.25, -0.2) is 4.79 Å². The summed E-state index contributed by atoms with van der Waals surface area (Å²) >= 11 is 0. The normalized spacial score (nSPS) is 10.4. The maximum absolute atomic E-state index is 11.8. The molecule has 0 heterocycles. The zero-order valence-corrected chi connectivity index (χ0v) is 14.8. The van der Waals surface area contributed by atoms with E-state index < -0.39 is 10.9 Å². The Hall–Kier alpha value is -3.61. The number of ether oxygens (including phenoxy) is 3. The molecule has 0 aromatic heterocycles. The van der Waals surface area contributed by atoms with Crippen molar-refractivity contribution in [1.29, 1.82) is 0 Å². The van der Waals surface area contributed by atoms with E-state index in [1.165, 1.54) is 25.3 Å². The van der Waals surface area contributed by atoms with Crippen LogP contribution in [0.4, 0.5) is 5.69 Å². The molecule has 0 aliphatic rings. The van der Waals surface area contributed by atoms with Crippen molar-refractivity contribution in [3.8, 4) is 11.5 Å². The van der Waals surface area contributed by atoms with Gasteiger partial charge in [-0.2, -0.15) is 0 Å². The van der Waals surface area contributed by atoms with E-state index in [4.69, 9.17) is 14.2 Å². The van der Waals surface area contributed by atoms with Crippen LogP contribution >= 0.6 is 0 Å². The number of rotatable bonds is 9. The number of hydrogen-bond donors (Lipinski definition) is 0. The van der Waals surface area contributed by atoms with Gasteiger partial charge in [-0.05, 0) is 41.5 Å². The Morgan fingerprint density at radius 3 is 2.56 bits per heavy atom. The highest BCUT2D eigenvalue weighted by molar-refractivity contribution is 5.87. The van der Waals surface area contributed by atoms with Crippen LogP contribution < -0.4 is 9.47 Å². The fourth-order valence-electron chi connectivity index (χ4n) is 2.14. The fourth-order valence-corrected chi connectivity index (χ4v) is 2.14. The summed E-state index contributed by atoms with van der Waals surface area (Å²) < 4.78 is 15.9. The minimum atomic E-state index is -0.528. The minimum absolute atomic E-state index is 0.0144. The first-order valence-corrected chi connectivity index (χ1v) is 8.03. The number of methoxy groups -OCH3 is 1. The lowest BCUT2D eigenvalue weighted by Crippen LogP contribution is -2.01. The van der Waals surface area contributed by atoms with Gasteiger partial charge in [0.15, 0.2) is 11.5 Å². The molecule has 7 nitrogen and oxygen atoms in total. The molecule has 0 amide bonds. The Bertz CT molecular complexity index is 842. The molecule has 140 valence electrons. The van der Waals surface area contributed by atoms with Gasteiger partial charge in [0.25, 0.3) is 5.69 Å². The van der Waals surface area contributed by atoms with Gasteiger partial charge in [-0.3, -0.25) is 10.1 Å². The average molecular weight is 369 g/mol. The number of esters is 1. The van der Waals surface area contributed by atoms with Crippen LogP contribution in [0.5, 0.6) is 11.5 Å². The fraction of sp³-hybridized carbons (Fsp3) is 0.150. The Balaban J connectivity index is 1.93. The van der Waals surface area contributed by atoms with Gasteiger partial charge in [0.05, 0.1) is 12.0 Å². The predicted molar refractivity (Wildman–Crippen MR) is 101 cm³/mol. The van der Waals surface area contributed by atoms with Crippen LogP contribution in [-0.2, 0) is 16.1 Å². The average Bonchev–Trinajstić information content (AvgIpc) is 2.69. The van der Waals surface area contributed by atoms with E-state index in [1.54, 1.807) is 42.5 Å². The highest BCUT2D eigenvalue weighted by Crippen LogP contribution is 2.28. The molecule has 2 rings (SSSR count). The van der Waals surface area contributed by atoms with E-state index in [0.717, 1.165) is 5.56 Å². The van der Waals surface area contributed by atoms with Crippen molar-refractivity contribution >= 4 is 17.7 Å². The maximum atomic E-state index is 11.8. The van der Waals surface area contributed by atoms with Gasteiger partial charge < -0.3 is 14.2 Å². The second-order valence-electron chi connectivity index (χ2n) is 5.37. The van der Waals surface area contributed by atoms with Crippen molar-refractivity contribution < 1.29 is 23.9 Å². The number of nitrogens with zero attached hydrogens (tertiary/aromatic N) is 1. The van der Waals surface area contributed by atoms with Crippen LogP contribution in [0.1, 0.15) is 11.1 Å². The molecule has 0 N–H and O–H groups in total. The largest absolute Gasteiger partial charge is 0.493 e. The molecule has 0 spiro atoms. The maximum Gasteiger partial charge on any atom is 0.331 e. The van der Waals surface area contributed by atoms with Gasteiger partial charge in [0, 0.05) is 18.2 Å². The standard InChI is InChI=1S/C20H19NO6/c1-3-12-26-18-10-6-15(13-19(18)25-2)7-11-20(22)27-14-16-4-8-17(9-5-16)21(23)24/h3-11,13H,1,12,14H2,2H3/b11-7+. The van der Waals surface area contributed by atoms with Gasteiger partial charge in [0.2, 0.25) is 0 Å². The number of carbonyl (C=O) groups is 1. The topological polar surface area (TPSA) is 87.9 Å². The van der Waals surface area contributed by atoms with Gasteiger partial charge in [-0.1, -0.05) is 18.7 Å². The van der Waals surface area contributed by atoms with Gasteiger partial charge in [0.1, 0.15) is 13.2 Å². The van der Waals surface area contributed by atoms with Crippen LogP contribution in [0, 0.1) is 10.1 Å². The molecule has 2 aromatic rings. The minimum Gasteiger partial charge on any atom is -0.493 e. The van der Waals surface area contributed by atoms with Gasteiger partial charge >= 0.3 is 5.97 Å². The second kappa shape index (κ2) is 9.76. The van der Waals surface area contributed by atoms with Crippen molar-refractivity contribution in [3.05, 3.63) is 82.4 Å². The second-order valence-corrected chi connectivity index (χ2v) is 5.37. The molecule has 0 aliphatic heterocycles.